The summed E-state index contributed by atoms with van der Waals surface area (Å²) in [4.78, 5) is 33.2. The molecule has 0 spiro atoms. The van der Waals surface area contributed by atoms with Crippen LogP contribution in [0.25, 0.3) is 0 Å². The van der Waals surface area contributed by atoms with Gasteiger partial charge in [-0.3, -0.25) is 4.79 Å². The first-order valence-corrected chi connectivity index (χ1v) is 5.99. The molecule has 0 aliphatic heterocycles. The number of primary amides is 1. The number of nitrogens with two attached hydrogens (primary N) is 1. The fourth-order valence-corrected chi connectivity index (χ4v) is 1.63. The Hall–Kier alpha value is -2.79. The number of amides is 3. The number of anilines is 1. The van der Waals surface area contributed by atoms with Crippen LogP contribution in [0.15, 0.2) is 18.2 Å². The third-order valence-corrected chi connectivity index (χ3v) is 2.67. The summed E-state index contributed by atoms with van der Waals surface area (Å²) in [6, 6.07) is 3.73. The minimum atomic E-state index is -1.44. The zero-order valence-corrected chi connectivity index (χ0v) is 11.3. The number of carbonyl (C=O) groups excluding carboxylic acids is 2. The lowest BCUT2D eigenvalue weighted by Gasteiger charge is -2.14. The van der Waals surface area contributed by atoms with Crippen molar-refractivity contribution < 1.29 is 19.5 Å². The standard InChI is InChI=1S/C12H11ClN4O4/c13-7-3-6(5-14)1-2-8(7)16-12(21)17-9(11(19)20)4-10(15)18/h1-3,9H,4H2,(H2,15,18)(H,19,20)(H2,16,17,21)/t9-/m1/s1. The average molecular weight is 311 g/mol. The van der Waals surface area contributed by atoms with Crippen molar-refractivity contribution in [3.05, 3.63) is 28.8 Å². The molecule has 0 radical (unpaired) electrons. The van der Waals surface area contributed by atoms with Crippen molar-refractivity contribution in [2.24, 2.45) is 5.73 Å². The number of rotatable bonds is 5. The van der Waals surface area contributed by atoms with Crippen LogP contribution in [0.1, 0.15) is 12.0 Å². The fourth-order valence-electron chi connectivity index (χ4n) is 1.40. The molecule has 0 heterocycles. The molecule has 0 bridgehead atoms. The molecule has 21 heavy (non-hydrogen) atoms. The topological polar surface area (TPSA) is 145 Å². The fraction of sp³-hybridized carbons (Fsp3) is 0.167. The van der Waals surface area contributed by atoms with E-state index in [1.165, 1.54) is 18.2 Å². The van der Waals surface area contributed by atoms with E-state index in [-0.39, 0.29) is 10.7 Å². The molecular formula is C12H11ClN4O4. The number of halogens is 1. The number of nitrogens with one attached hydrogen (secondary N) is 2. The van der Waals surface area contributed by atoms with E-state index < -0.39 is 30.4 Å². The lowest BCUT2D eigenvalue weighted by atomic mass is 10.2. The van der Waals surface area contributed by atoms with E-state index in [0.717, 1.165) is 0 Å². The second kappa shape index (κ2) is 7.12. The molecule has 5 N–H and O–H groups in total. The third-order valence-electron chi connectivity index (χ3n) is 2.36. The van der Waals surface area contributed by atoms with Crippen LogP contribution in [0.5, 0.6) is 0 Å². The molecule has 0 aliphatic rings. The number of carboxylic acids is 1. The maximum Gasteiger partial charge on any atom is 0.326 e. The Kier molecular flexibility index (Phi) is 5.51. The Morgan fingerprint density at radius 2 is 2.10 bits per heavy atom. The second-order valence-electron chi connectivity index (χ2n) is 3.97. The predicted octanol–water partition coefficient (Wildman–Crippen LogP) is 0.662. The van der Waals surface area contributed by atoms with Crippen molar-refractivity contribution in [2.45, 2.75) is 12.5 Å². The van der Waals surface area contributed by atoms with Crippen LogP contribution in [0.2, 0.25) is 5.02 Å². The molecule has 9 heteroatoms. The van der Waals surface area contributed by atoms with E-state index in [0.29, 0.717) is 5.56 Å². The van der Waals surface area contributed by atoms with Crippen LogP contribution < -0.4 is 16.4 Å². The van der Waals surface area contributed by atoms with E-state index >= 15 is 0 Å². The zero-order valence-electron chi connectivity index (χ0n) is 10.6. The highest BCUT2D eigenvalue weighted by molar-refractivity contribution is 6.33. The third kappa shape index (κ3) is 5.00. The number of carbonyl (C=O) groups is 3. The van der Waals surface area contributed by atoms with Crippen LogP contribution in [0.3, 0.4) is 0 Å². The zero-order chi connectivity index (χ0) is 16.0. The SMILES string of the molecule is N#Cc1ccc(NC(=O)N[C@H](CC(N)=O)C(=O)O)c(Cl)c1. The van der Waals surface area contributed by atoms with Crippen LogP contribution in [-0.2, 0) is 9.59 Å². The van der Waals surface area contributed by atoms with Gasteiger partial charge in [-0.05, 0) is 18.2 Å². The average Bonchev–Trinajstić information content (AvgIpc) is 2.39. The quantitative estimate of drug-likeness (QED) is 0.631. The highest BCUT2D eigenvalue weighted by atomic mass is 35.5. The van der Waals surface area contributed by atoms with Crippen LogP contribution in [0, 0.1) is 11.3 Å². The first-order valence-electron chi connectivity index (χ1n) is 5.61. The van der Waals surface area contributed by atoms with E-state index in [2.05, 4.69) is 10.6 Å². The number of benzene rings is 1. The normalized spacial score (nSPS) is 11.0. The molecule has 0 saturated carbocycles. The molecular weight excluding hydrogens is 300 g/mol. The Balaban J connectivity index is 2.75. The Morgan fingerprint density at radius 3 is 2.57 bits per heavy atom. The largest absolute Gasteiger partial charge is 0.480 e. The minimum Gasteiger partial charge on any atom is -0.480 e. The molecule has 0 aliphatic carbocycles. The van der Waals surface area contributed by atoms with Crippen molar-refractivity contribution in [3.8, 4) is 6.07 Å². The second-order valence-corrected chi connectivity index (χ2v) is 4.37. The van der Waals surface area contributed by atoms with Crippen LogP contribution >= 0.6 is 11.6 Å². The van der Waals surface area contributed by atoms with Crippen molar-refractivity contribution in [3.63, 3.8) is 0 Å². The number of hydrogen-bond acceptors (Lipinski definition) is 4. The number of nitrogens with zero attached hydrogens (tertiary/aromatic N) is 1. The summed E-state index contributed by atoms with van der Waals surface area (Å²) >= 11 is 5.85. The number of carboxylic acid groups (broad SMARTS) is 1. The monoisotopic (exact) mass is 310 g/mol. The van der Waals surface area contributed by atoms with Gasteiger partial charge in [0.2, 0.25) is 5.91 Å². The Morgan fingerprint density at radius 1 is 1.43 bits per heavy atom. The molecule has 0 saturated heterocycles. The molecule has 0 unspecified atom stereocenters. The number of aliphatic carboxylic acids is 1. The highest BCUT2D eigenvalue weighted by Crippen LogP contribution is 2.22. The van der Waals surface area contributed by atoms with Crippen molar-refractivity contribution in [2.75, 3.05) is 5.32 Å². The first-order chi connectivity index (χ1) is 9.83. The summed E-state index contributed by atoms with van der Waals surface area (Å²) < 4.78 is 0. The summed E-state index contributed by atoms with van der Waals surface area (Å²) in [6.45, 7) is 0. The maximum atomic E-state index is 11.7. The summed E-state index contributed by atoms with van der Waals surface area (Å²) in [6.07, 6.45) is -0.538. The van der Waals surface area contributed by atoms with E-state index in [1.54, 1.807) is 0 Å². The van der Waals surface area contributed by atoms with E-state index in [9.17, 15) is 14.4 Å². The van der Waals surface area contributed by atoms with E-state index in [1.807, 2.05) is 6.07 Å². The molecule has 1 aromatic rings. The van der Waals surface area contributed by atoms with Gasteiger partial charge in [0.15, 0.2) is 0 Å². The number of nitriles is 1. The minimum absolute atomic E-state index is 0.117. The lowest BCUT2D eigenvalue weighted by Crippen LogP contribution is -2.45. The molecule has 1 atom stereocenters. The number of urea groups is 1. The maximum absolute atomic E-state index is 11.7. The van der Waals surface area contributed by atoms with Gasteiger partial charge in [-0.1, -0.05) is 11.6 Å². The van der Waals surface area contributed by atoms with Gasteiger partial charge in [0.25, 0.3) is 0 Å². The molecule has 110 valence electrons. The van der Waals surface area contributed by atoms with Gasteiger partial charge < -0.3 is 21.5 Å². The molecule has 1 rings (SSSR count). The van der Waals surface area contributed by atoms with Crippen LogP contribution in [-0.4, -0.2) is 29.1 Å². The summed E-state index contributed by atoms with van der Waals surface area (Å²) in [7, 11) is 0. The highest BCUT2D eigenvalue weighted by Gasteiger charge is 2.22. The molecule has 3 amide bonds. The lowest BCUT2D eigenvalue weighted by molar-refractivity contribution is -0.140. The first kappa shape index (κ1) is 16.3. The summed E-state index contributed by atoms with van der Waals surface area (Å²) in [5, 5.41) is 22.0. The van der Waals surface area contributed by atoms with Crippen molar-refractivity contribution in [1.82, 2.24) is 5.32 Å². The van der Waals surface area contributed by atoms with Gasteiger partial charge in [0.05, 0.1) is 28.8 Å². The molecule has 0 fully saturated rings. The van der Waals surface area contributed by atoms with Crippen molar-refractivity contribution in [1.29, 1.82) is 5.26 Å². The van der Waals surface area contributed by atoms with Gasteiger partial charge in [-0.25, -0.2) is 9.59 Å². The number of hydrogen-bond donors (Lipinski definition) is 4. The smallest absolute Gasteiger partial charge is 0.326 e. The molecule has 0 aromatic heterocycles. The van der Waals surface area contributed by atoms with Gasteiger partial charge in [-0.2, -0.15) is 5.26 Å². The predicted molar refractivity (Wildman–Crippen MR) is 73.6 cm³/mol. The van der Waals surface area contributed by atoms with Gasteiger partial charge >= 0.3 is 12.0 Å². The Bertz CT molecular complexity index is 626. The summed E-state index contributed by atoms with van der Waals surface area (Å²) in [5.41, 5.74) is 5.39. The Labute approximate surface area is 124 Å². The summed E-state index contributed by atoms with van der Waals surface area (Å²) in [5.74, 6) is -2.26. The van der Waals surface area contributed by atoms with Crippen LogP contribution in [0.4, 0.5) is 10.5 Å². The van der Waals surface area contributed by atoms with E-state index in [4.69, 9.17) is 27.7 Å². The van der Waals surface area contributed by atoms with Gasteiger partial charge in [0, 0.05) is 0 Å². The van der Waals surface area contributed by atoms with Gasteiger partial charge in [-0.15, -0.1) is 0 Å². The molecule has 1 aromatic carbocycles. The molecule has 8 nitrogen and oxygen atoms in total. The van der Waals surface area contributed by atoms with Crippen molar-refractivity contribution >= 4 is 35.2 Å². The van der Waals surface area contributed by atoms with Gasteiger partial charge in [0.1, 0.15) is 6.04 Å².